The van der Waals surface area contributed by atoms with Crippen LogP contribution in [0.2, 0.25) is 0 Å². The number of aryl methyl sites for hydroxylation is 1. The molecule has 8 heteroatoms. The van der Waals surface area contributed by atoms with Gasteiger partial charge in [-0.15, -0.1) is 0 Å². The Morgan fingerprint density at radius 1 is 1.20 bits per heavy atom. The Hall–Kier alpha value is -2.06. The molecule has 25 heavy (non-hydrogen) atoms. The summed E-state index contributed by atoms with van der Waals surface area (Å²) in [6.07, 6.45) is 3.11. The van der Waals surface area contributed by atoms with Crippen molar-refractivity contribution in [1.82, 2.24) is 15.3 Å². The highest BCUT2D eigenvalue weighted by Gasteiger charge is 2.38. The first-order valence-electron chi connectivity index (χ1n) is 7.52. The number of carboxylic acid groups (broad SMARTS) is 1. The molecule has 0 aliphatic carbocycles. The Morgan fingerprint density at radius 2 is 1.96 bits per heavy atom. The maximum Gasteiger partial charge on any atom is 0.327 e. The number of amides is 1. The molecule has 1 unspecified atom stereocenters. The number of nitrogens with one attached hydrogen (secondary N) is 1. The van der Waals surface area contributed by atoms with Crippen molar-refractivity contribution in [2.75, 3.05) is 0 Å². The third-order valence-electron chi connectivity index (χ3n) is 3.37. The van der Waals surface area contributed by atoms with E-state index in [-0.39, 0.29) is 0 Å². The molecule has 0 spiro atoms. The lowest BCUT2D eigenvalue weighted by Crippen LogP contribution is -2.52. The van der Waals surface area contributed by atoms with Gasteiger partial charge in [-0.05, 0) is 55.8 Å². The van der Waals surface area contributed by atoms with Gasteiger partial charge >= 0.3 is 5.97 Å². The molecule has 1 atom stereocenters. The minimum atomic E-state index is -1.09. The second-order valence-corrected chi connectivity index (χ2v) is 8.67. The molecule has 1 amide bonds. The molecule has 0 aliphatic rings. The van der Waals surface area contributed by atoms with Crippen LogP contribution >= 0.6 is 21.6 Å². The van der Waals surface area contributed by atoms with Crippen LogP contribution in [0.15, 0.2) is 47.8 Å². The summed E-state index contributed by atoms with van der Waals surface area (Å²) < 4.78 is -0.762. The highest BCUT2D eigenvalue weighted by Crippen LogP contribution is 2.41. The van der Waals surface area contributed by atoms with E-state index in [0.29, 0.717) is 5.56 Å². The van der Waals surface area contributed by atoms with E-state index in [2.05, 4.69) is 15.3 Å². The Morgan fingerprint density at radius 3 is 2.52 bits per heavy atom. The van der Waals surface area contributed by atoms with Crippen molar-refractivity contribution in [3.8, 4) is 0 Å². The normalized spacial score (nSPS) is 12.4. The van der Waals surface area contributed by atoms with Crippen molar-refractivity contribution < 1.29 is 14.7 Å². The fraction of sp³-hybridized carbons (Fsp3) is 0.294. The summed E-state index contributed by atoms with van der Waals surface area (Å²) in [6.45, 7) is 5.37. The Balaban J connectivity index is 2.08. The molecule has 2 aromatic rings. The number of hydrogen-bond donors (Lipinski definition) is 2. The number of nitrogens with zero attached hydrogens (tertiary/aromatic N) is 2. The van der Waals surface area contributed by atoms with Crippen LogP contribution in [-0.4, -0.2) is 37.7 Å². The zero-order valence-corrected chi connectivity index (χ0v) is 15.7. The topological polar surface area (TPSA) is 92.2 Å². The van der Waals surface area contributed by atoms with Crippen LogP contribution in [0.25, 0.3) is 0 Å². The first kappa shape index (κ1) is 19.3. The Kier molecular flexibility index (Phi) is 6.44. The van der Waals surface area contributed by atoms with Gasteiger partial charge < -0.3 is 10.4 Å². The van der Waals surface area contributed by atoms with E-state index < -0.39 is 22.7 Å². The average Bonchev–Trinajstić information content (AvgIpc) is 2.59. The van der Waals surface area contributed by atoms with Gasteiger partial charge in [0.15, 0.2) is 0 Å². The van der Waals surface area contributed by atoms with Crippen molar-refractivity contribution in [3.05, 3.63) is 54.0 Å². The molecule has 2 aromatic heterocycles. The third-order valence-corrected chi connectivity index (χ3v) is 6.58. The van der Waals surface area contributed by atoms with E-state index >= 15 is 0 Å². The van der Waals surface area contributed by atoms with Gasteiger partial charge in [-0.1, -0.05) is 16.9 Å². The van der Waals surface area contributed by atoms with Crippen LogP contribution in [0.4, 0.5) is 0 Å². The van der Waals surface area contributed by atoms with Gasteiger partial charge in [0, 0.05) is 18.1 Å². The molecular formula is C17H19N3O3S2. The van der Waals surface area contributed by atoms with Crippen molar-refractivity contribution in [2.24, 2.45) is 0 Å². The van der Waals surface area contributed by atoms with Gasteiger partial charge in [-0.25, -0.2) is 9.78 Å². The van der Waals surface area contributed by atoms with E-state index in [0.717, 1.165) is 10.7 Å². The van der Waals surface area contributed by atoms with Crippen molar-refractivity contribution in [1.29, 1.82) is 0 Å². The highest BCUT2D eigenvalue weighted by molar-refractivity contribution is 8.77. The highest BCUT2D eigenvalue weighted by atomic mass is 33.1. The summed E-state index contributed by atoms with van der Waals surface area (Å²) in [4.78, 5) is 32.3. The maximum absolute atomic E-state index is 12.3. The lowest BCUT2D eigenvalue weighted by molar-refractivity contribution is -0.139. The lowest BCUT2D eigenvalue weighted by atomic mass is 10.0. The van der Waals surface area contributed by atoms with E-state index in [1.165, 1.54) is 27.8 Å². The largest absolute Gasteiger partial charge is 0.480 e. The summed E-state index contributed by atoms with van der Waals surface area (Å²) in [5.74, 6) is -1.55. The average molecular weight is 377 g/mol. The molecule has 6 nitrogen and oxygen atoms in total. The van der Waals surface area contributed by atoms with E-state index in [1.807, 2.05) is 25.1 Å². The number of carbonyl (C=O) groups is 2. The maximum atomic E-state index is 12.3. The van der Waals surface area contributed by atoms with Crippen LogP contribution in [0.3, 0.4) is 0 Å². The number of rotatable bonds is 7. The monoisotopic (exact) mass is 377 g/mol. The number of hydrogen-bond acceptors (Lipinski definition) is 6. The van der Waals surface area contributed by atoms with Gasteiger partial charge in [0.25, 0.3) is 5.91 Å². The summed E-state index contributed by atoms with van der Waals surface area (Å²) in [6, 6.07) is 7.79. The molecule has 0 bridgehead atoms. The van der Waals surface area contributed by atoms with Crippen LogP contribution in [0, 0.1) is 6.92 Å². The summed E-state index contributed by atoms with van der Waals surface area (Å²) in [5, 5.41) is 12.9. The third kappa shape index (κ3) is 5.47. The SMILES string of the molecule is Cc1ccc(C(=O)NC(C(=O)O)C(C)(C)SSc2ccccn2)cn1. The predicted molar refractivity (Wildman–Crippen MR) is 99.6 cm³/mol. The predicted octanol–water partition coefficient (Wildman–Crippen LogP) is 3.19. The first-order valence-corrected chi connectivity index (χ1v) is 9.67. The number of aliphatic carboxylic acids is 1. The van der Waals surface area contributed by atoms with Crippen LogP contribution in [0.1, 0.15) is 29.9 Å². The molecule has 2 N–H and O–H groups in total. The van der Waals surface area contributed by atoms with Crippen molar-refractivity contribution >= 4 is 33.5 Å². The molecule has 2 heterocycles. The zero-order chi connectivity index (χ0) is 18.4. The molecule has 0 saturated carbocycles. The minimum Gasteiger partial charge on any atom is -0.480 e. The van der Waals surface area contributed by atoms with Gasteiger partial charge in [0.05, 0.1) is 10.3 Å². The lowest BCUT2D eigenvalue weighted by Gasteiger charge is -2.30. The molecule has 0 saturated heterocycles. The molecule has 0 aromatic carbocycles. The van der Waals surface area contributed by atoms with E-state index in [4.69, 9.17) is 0 Å². The van der Waals surface area contributed by atoms with Crippen LogP contribution < -0.4 is 5.32 Å². The summed E-state index contributed by atoms with van der Waals surface area (Å²) in [7, 11) is 2.73. The fourth-order valence-electron chi connectivity index (χ4n) is 1.94. The Bertz CT molecular complexity index is 737. The quantitative estimate of drug-likeness (QED) is 0.716. The fourth-order valence-corrected chi connectivity index (χ4v) is 4.22. The molecule has 132 valence electrons. The van der Waals surface area contributed by atoms with Crippen molar-refractivity contribution in [3.63, 3.8) is 0 Å². The number of aromatic nitrogens is 2. The van der Waals surface area contributed by atoms with Crippen LogP contribution in [-0.2, 0) is 4.79 Å². The summed E-state index contributed by atoms with van der Waals surface area (Å²) in [5.41, 5.74) is 1.11. The molecule has 2 rings (SSSR count). The van der Waals surface area contributed by atoms with Gasteiger partial charge in [0.2, 0.25) is 0 Å². The zero-order valence-electron chi connectivity index (χ0n) is 14.1. The van der Waals surface area contributed by atoms with Crippen molar-refractivity contribution in [2.45, 2.75) is 36.6 Å². The standard InChI is InChI=1S/C17H19N3O3S2/c1-11-7-8-12(10-19-11)15(21)20-14(16(22)23)17(2,3)25-24-13-6-4-5-9-18-13/h4-10,14H,1-3H3,(H,20,21)(H,22,23). The molecule has 0 radical (unpaired) electrons. The molecule has 0 fully saturated rings. The van der Waals surface area contributed by atoms with E-state index in [9.17, 15) is 14.7 Å². The van der Waals surface area contributed by atoms with Crippen LogP contribution in [0.5, 0.6) is 0 Å². The van der Waals surface area contributed by atoms with Gasteiger partial charge in [-0.3, -0.25) is 9.78 Å². The second-order valence-electron chi connectivity index (χ2n) is 5.87. The number of carboxylic acids is 1. The number of pyridine rings is 2. The van der Waals surface area contributed by atoms with Gasteiger partial charge in [-0.2, -0.15) is 0 Å². The van der Waals surface area contributed by atoms with Gasteiger partial charge in [0.1, 0.15) is 11.1 Å². The second kappa shape index (κ2) is 8.35. The molecule has 0 aliphatic heterocycles. The smallest absolute Gasteiger partial charge is 0.327 e. The minimum absolute atomic E-state index is 0.329. The Labute approximate surface area is 154 Å². The first-order chi connectivity index (χ1) is 11.8. The van der Waals surface area contributed by atoms with E-state index in [1.54, 1.807) is 32.2 Å². The summed E-state index contributed by atoms with van der Waals surface area (Å²) >= 11 is 0. The number of carbonyl (C=O) groups excluding carboxylic acids is 1. The molecular weight excluding hydrogens is 358 g/mol.